The number of non-ortho nitro benzene ring substituents is 1. The van der Waals surface area contributed by atoms with E-state index in [1.54, 1.807) is 24.5 Å². The van der Waals surface area contributed by atoms with Crippen LogP contribution in [0.3, 0.4) is 0 Å². The molecule has 0 amide bonds. The van der Waals surface area contributed by atoms with Crippen LogP contribution >= 0.6 is 15.9 Å². The molecule has 0 atom stereocenters. The predicted molar refractivity (Wildman–Crippen MR) is 79.4 cm³/mol. The third-order valence-corrected chi connectivity index (χ3v) is 3.23. The molecule has 0 fully saturated rings. The van der Waals surface area contributed by atoms with Crippen molar-refractivity contribution in [3.63, 3.8) is 0 Å². The van der Waals surface area contributed by atoms with Crippen molar-refractivity contribution >= 4 is 21.6 Å². The normalized spacial score (nSPS) is 10.5. The SMILES string of the molecule is O=[N+]([O-])c1ccc(-c2nc(-c3cncc(Br)c3)n[nH]2)cc1. The summed E-state index contributed by atoms with van der Waals surface area (Å²) in [5.41, 5.74) is 1.53. The van der Waals surface area contributed by atoms with E-state index in [0.29, 0.717) is 11.6 Å². The Balaban J connectivity index is 1.93. The fourth-order valence-corrected chi connectivity index (χ4v) is 2.16. The molecule has 0 spiro atoms. The summed E-state index contributed by atoms with van der Waals surface area (Å²) in [6.45, 7) is 0. The molecule has 0 aliphatic rings. The lowest BCUT2D eigenvalue weighted by molar-refractivity contribution is -0.384. The van der Waals surface area contributed by atoms with E-state index in [9.17, 15) is 10.1 Å². The molecule has 0 aliphatic carbocycles. The zero-order chi connectivity index (χ0) is 14.8. The van der Waals surface area contributed by atoms with Gasteiger partial charge < -0.3 is 0 Å². The zero-order valence-corrected chi connectivity index (χ0v) is 12.1. The molecule has 7 nitrogen and oxygen atoms in total. The van der Waals surface area contributed by atoms with Gasteiger partial charge in [-0.3, -0.25) is 20.2 Å². The van der Waals surface area contributed by atoms with Crippen LogP contribution in [0.15, 0.2) is 47.2 Å². The number of hydrogen-bond acceptors (Lipinski definition) is 5. The Morgan fingerprint density at radius 1 is 1.14 bits per heavy atom. The molecule has 0 radical (unpaired) electrons. The molecule has 1 N–H and O–H groups in total. The maximum Gasteiger partial charge on any atom is 0.269 e. The lowest BCUT2D eigenvalue weighted by Gasteiger charge is -1.96. The van der Waals surface area contributed by atoms with Crippen LogP contribution in [-0.4, -0.2) is 25.1 Å². The Bertz CT molecular complexity index is 800. The summed E-state index contributed by atoms with van der Waals surface area (Å²) in [5, 5.41) is 17.6. The number of nitro benzene ring substituents is 1. The molecule has 3 aromatic rings. The van der Waals surface area contributed by atoms with Crippen LogP contribution in [0, 0.1) is 10.1 Å². The summed E-state index contributed by atoms with van der Waals surface area (Å²) in [5.74, 6) is 1.05. The second-order valence-electron chi connectivity index (χ2n) is 4.20. The number of H-pyrrole nitrogens is 1. The third kappa shape index (κ3) is 2.79. The first-order chi connectivity index (χ1) is 10.1. The lowest BCUT2D eigenvalue weighted by atomic mass is 10.2. The van der Waals surface area contributed by atoms with Crippen molar-refractivity contribution in [1.82, 2.24) is 20.2 Å². The number of hydrogen-bond donors (Lipinski definition) is 1. The van der Waals surface area contributed by atoms with E-state index in [-0.39, 0.29) is 5.69 Å². The molecule has 21 heavy (non-hydrogen) atoms. The van der Waals surface area contributed by atoms with Gasteiger partial charge in [-0.25, -0.2) is 4.98 Å². The van der Waals surface area contributed by atoms with E-state index in [1.165, 1.54) is 12.1 Å². The van der Waals surface area contributed by atoms with Crippen molar-refractivity contribution in [1.29, 1.82) is 0 Å². The monoisotopic (exact) mass is 345 g/mol. The first-order valence-electron chi connectivity index (χ1n) is 5.91. The molecule has 0 aliphatic heterocycles. The summed E-state index contributed by atoms with van der Waals surface area (Å²) >= 11 is 3.34. The van der Waals surface area contributed by atoms with Crippen molar-refractivity contribution in [2.24, 2.45) is 0 Å². The molecular formula is C13H8BrN5O2. The second kappa shape index (κ2) is 5.41. The second-order valence-corrected chi connectivity index (χ2v) is 5.12. The number of aromatic amines is 1. The van der Waals surface area contributed by atoms with Gasteiger partial charge in [-0.1, -0.05) is 0 Å². The summed E-state index contributed by atoms with van der Waals surface area (Å²) in [7, 11) is 0. The molecule has 3 rings (SSSR count). The Morgan fingerprint density at radius 3 is 2.57 bits per heavy atom. The van der Waals surface area contributed by atoms with Crippen LogP contribution in [0.1, 0.15) is 0 Å². The number of nitrogens with one attached hydrogen (secondary N) is 1. The van der Waals surface area contributed by atoms with E-state index < -0.39 is 4.92 Å². The number of rotatable bonds is 3. The number of halogens is 1. The minimum absolute atomic E-state index is 0.0367. The topological polar surface area (TPSA) is 97.6 Å². The summed E-state index contributed by atoms with van der Waals surface area (Å²) in [4.78, 5) is 18.6. The summed E-state index contributed by atoms with van der Waals surface area (Å²) < 4.78 is 0.835. The van der Waals surface area contributed by atoms with Gasteiger partial charge in [0.1, 0.15) is 0 Å². The fourth-order valence-electron chi connectivity index (χ4n) is 1.80. The van der Waals surface area contributed by atoms with Gasteiger partial charge in [-0.05, 0) is 34.1 Å². The van der Waals surface area contributed by atoms with E-state index in [1.807, 2.05) is 6.07 Å². The molecule has 0 saturated heterocycles. The number of nitro groups is 1. The molecule has 1 aromatic carbocycles. The van der Waals surface area contributed by atoms with Crippen LogP contribution in [0.5, 0.6) is 0 Å². The van der Waals surface area contributed by atoms with Crippen LogP contribution in [-0.2, 0) is 0 Å². The smallest absolute Gasteiger partial charge is 0.263 e. The largest absolute Gasteiger partial charge is 0.269 e. The predicted octanol–water partition coefficient (Wildman–Crippen LogP) is 3.20. The minimum atomic E-state index is -0.442. The van der Waals surface area contributed by atoms with E-state index >= 15 is 0 Å². The van der Waals surface area contributed by atoms with E-state index in [2.05, 4.69) is 36.1 Å². The van der Waals surface area contributed by atoms with Gasteiger partial charge in [0.15, 0.2) is 11.6 Å². The molecule has 0 unspecified atom stereocenters. The molecule has 8 heteroatoms. The van der Waals surface area contributed by atoms with Gasteiger partial charge in [-0.2, -0.15) is 5.10 Å². The highest BCUT2D eigenvalue weighted by Gasteiger charge is 2.10. The lowest BCUT2D eigenvalue weighted by Crippen LogP contribution is -1.88. The average molecular weight is 346 g/mol. The quantitative estimate of drug-likeness (QED) is 0.580. The first-order valence-corrected chi connectivity index (χ1v) is 6.71. The summed E-state index contributed by atoms with van der Waals surface area (Å²) in [6.07, 6.45) is 3.33. The van der Waals surface area contributed by atoms with E-state index in [4.69, 9.17) is 0 Å². The maximum absolute atomic E-state index is 10.6. The molecule has 2 aromatic heterocycles. The van der Waals surface area contributed by atoms with Gasteiger partial charge in [0.25, 0.3) is 5.69 Å². The Morgan fingerprint density at radius 2 is 1.90 bits per heavy atom. The van der Waals surface area contributed by atoms with Crippen molar-refractivity contribution < 1.29 is 4.92 Å². The zero-order valence-electron chi connectivity index (χ0n) is 10.5. The van der Waals surface area contributed by atoms with Crippen molar-refractivity contribution in [3.05, 3.63) is 57.3 Å². The highest BCUT2D eigenvalue weighted by atomic mass is 79.9. The van der Waals surface area contributed by atoms with Crippen LogP contribution < -0.4 is 0 Å². The summed E-state index contributed by atoms with van der Waals surface area (Å²) in [6, 6.07) is 7.97. The van der Waals surface area contributed by atoms with Crippen molar-refractivity contribution in [3.8, 4) is 22.8 Å². The van der Waals surface area contributed by atoms with E-state index in [0.717, 1.165) is 15.6 Å². The standard InChI is InChI=1S/C13H8BrN5O2/c14-10-5-9(6-15-7-10)13-16-12(17-18-13)8-1-3-11(4-2-8)19(20)21/h1-7H,(H,16,17,18). The Hall–Kier alpha value is -2.61. The van der Waals surface area contributed by atoms with Crippen molar-refractivity contribution in [2.75, 3.05) is 0 Å². The highest BCUT2D eigenvalue weighted by Crippen LogP contribution is 2.23. The van der Waals surface area contributed by atoms with Gasteiger partial charge >= 0.3 is 0 Å². The van der Waals surface area contributed by atoms with Gasteiger partial charge in [0.2, 0.25) is 0 Å². The van der Waals surface area contributed by atoms with Crippen LogP contribution in [0.2, 0.25) is 0 Å². The molecule has 0 bridgehead atoms. The molecule has 2 heterocycles. The molecular weight excluding hydrogens is 338 g/mol. The minimum Gasteiger partial charge on any atom is -0.263 e. The van der Waals surface area contributed by atoms with Gasteiger partial charge in [0, 0.05) is 40.1 Å². The number of aromatic nitrogens is 4. The number of nitrogens with zero attached hydrogens (tertiary/aromatic N) is 4. The van der Waals surface area contributed by atoms with Crippen LogP contribution in [0.4, 0.5) is 5.69 Å². The van der Waals surface area contributed by atoms with Gasteiger partial charge in [0.05, 0.1) is 4.92 Å². The number of benzene rings is 1. The maximum atomic E-state index is 10.6. The molecule has 104 valence electrons. The number of pyridine rings is 1. The highest BCUT2D eigenvalue weighted by molar-refractivity contribution is 9.10. The van der Waals surface area contributed by atoms with Crippen LogP contribution in [0.25, 0.3) is 22.8 Å². The fraction of sp³-hybridized carbons (Fsp3) is 0. The molecule has 0 saturated carbocycles. The third-order valence-electron chi connectivity index (χ3n) is 2.80. The van der Waals surface area contributed by atoms with Crippen molar-refractivity contribution in [2.45, 2.75) is 0 Å². The Labute approximate surface area is 127 Å². The first kappa shape index (κ1) is 13.4. The average Bonchev–Trinajstić information content (AvgIpc) is 2.97. The Kier molecular flexibility index (Phi) is 3.44. The van der Waals surface area contributed by atoms with Gasteiger partial charge in [-0.15, -0.1) is 0 Å².